The van der Waals surface area contributed by atoms with Gasteiger partial charge in [0.25, 0.3) is 0 Å². The number of hydrogen-bond acceptors (Lipinski definition) is 2. The standard InChI is InChI=1S/C15H23N3/c1(14-8-16-9-18-14)2-17-15-12-4-10-3-11(6-12)7-13(15)5-10/h8-13,15,17H,1-7H2,(H,16,18). The van der Waals surface area contributed by atoms with Gasteiger partial charge in [-0.05, 0) is 55.8 Å². The van der Waals surface area contributed by atoms with Crippen LogP contribution < -0.4 is 5.32 Å². The van der Waals surface area contributed by atoms with Gasteiger partial charge in [0.05, 0.1) is 6.33 Å². The van der Waals surface area contributed by atoms with E-state index in [2.05, 4.69) is 15.3 Å². The highest BCUT2D eigenvalue weighted by Gasteiger charge is 2.47. The van der Waals surface area contributed by atoms with Gasteiger partial charge in [-0.15, -0.1) is 0 Å². The monoisotopic (exact) mass is 245 g/mol. The Labute approximate surface area is 109 Å². The van der Waals surface area contributed by atoms with Crippen LogP contribution in [0.3, 0.4) is 0 Å². The molecule has 98 valence electrons. The van der Waals surface area contributed by atoms with Crippen molar-refractivity contribution < 1.29 is 0 Å². The van der Waals surface area contributed by atoms with Crippen LogP contribution >= 0.6 is 0 Å². The summed E-state index contributed by atoms with van der Waals surface area (Å²) in [5, 5.41) is 3.86. The lowest BCUT2D eigenvalue weighted by Gasteiger charge is -2.54. The molecule has 0 amide bonds. The number of aromatic nitrogens is 2. The molecule has 1 aromatic rings. The van der Waals surface area contributed by atoms with Gasteiger partial charge in [-0.2, -0.15) is 0 Å². The minimum Gasteiger partial charge on any atom is -0.348 e. The molecule has 0 aliphatic heterocycles. The van der Waals surface area contributed by atoms with Gasteiger partial charge in [-0.25, -0.2) is 4.98 Å². The van der Waals surface area contributed by atoms with E-state index in [0.29, 0.717) is 0 Å². The molecular weight excluding hydrogens is 222 g/mol. The Morgan fingerprint density at radius 2 is 1.83 bits per heavy atom. The highest BCUT2D eigenvalue weighted by Crippen LogP contribution is 2.53. The Morgan fingerprint density at radius 3 is 2.44 bits per heavy atom. The van der Waals surface area contributed by atoms with Crippen molar-refractivity contribution in [2.45, 2.75) is 44.6 Å². The molecule has 4 aliphatic rings. The number of aromatic amines is 1. The molecule has 1 aromatic heterocycles. The van der Waals surface area contributed by atoms with E-state index in [1.54, 1.807) is 12.7 Å². The number of hydrogen-bond donors (Lipinski definition) is 2. The highest BCUT2D eigenvalue weighted by molar-refractivity contribution is 5.02. The summed E-state index contributed by atoms with van der Waals surface area (Å²) in [6, 6.07) is 0.820. The van der Waals surface area contributed by atoms with E-state index in [1.807, 2.05) is 6.20 Å². The molecule has 0 radical (unpaired) electrons. The van der Waals surface area contributed by atoms with Crippen LogP contribution in [0, 0.1) is 23.7 Å². The number of H-pyrrole nitrogens is 1. The fourth-order valence-electron chi connectivity index (χ4n) is 5.05. The summed E-state index contributed by atoms with van der Waals surface area (Å²) in [5.41, 5.74) is 1.26. The van der Waals surface area contributed by atoms with E-state index >= 15 is 0 Å². The zero-order valence-electron chi connectivity index (χ0n) is 10.9. The van der Waals surface area contributed by atoms with Gasteiger partial charge in [0.1, 0.15) is 0 Å². The first kappa shape index (κ1) is 11.0. The minimum absolute atomic E-state index is 0.820. The predicted molar refractivity (Wildman–Crippen MR) is 71.1 cm³/mol. The topological polar surface area (TPSA) is 40.7 Å². The molecule has 3 heteroatoms. The summed E-state index contributed by atoms with van der Waals surface area (Å²) in [6.07, 6.45) is 12.4. The molecule has 1 heterocycles. The van der Waals surface area contributed by atoms with Crippen molar-refractivity contribution in [2.75, 3.05) is 6.54 Å². The first-order valence-corrected chi connectivity index (χ1v) is 7.59. The van der Waals surface area contributed by atoms with Gasteiger partial charge in [-0.3, -0.25) is 0 Å². The van der Waals surface area contributed by atoms with Gasteiger partial charge in [0.2, 0.25) is 0 Å². The van der Waals surface area contributed by atoms with Crippen molar-refractivity contribution in [3.63, 3.8) is 0 Å². The van der Waals surface area contributed by atoms with E-state index in [1.165, 1.54) is 31.4 Å². The largest absolute Gasteiger partial charge is 0.348 e. The molecule has 18 heavy (non-hydrogen) atoms. The van der Waals surface area contributed by atoms with E-state index < -0.39 is 0 Å². The second kappa shape index (κ2) is 4.37. The fourth-order valence-corrected chi connectivity index (χ4v) is 5.05. The Bertz CT molecular complexity index is 370. The molecule has 3 nitrogen and oxygen atoms in total. The maximum Gasteiger partial charge on any atom is 0.0921 e. The Morgan fingerprint density at radius 1 is 1.11 bits per heavy atom. The van der Waals surface area contributed by atoms with E-state index in [9.17, 15) is 0 Å². The molecular formula is C15H23N3. The first-order valence-electron chi connectivity index (χ1n) is 7.59. The first-order chi connectivity index (χ1) is 8.88. The molecule has 0 aromatic carbocycles. The van der Waals surface area contributed by atoms with Crippen molar-refractivity contribution in [1.29, 1.82) is 0 Å². The predicted octanol–water partition coefficient (Wildman–Crippen LogP) is 2.37. The van der Waals surface area contributed by atoms with Crippen LogP contribution in [0.4, 0.5) is 0 Å². The lowest BCUT2D eigenvalue weighted by atomic mass is 9.54. The molecule has 4 aliphatic carbocycles. The van der Waals surface area contributed by atoms with Gasteiger partial charge >= 0.3 is 0 Å². The quantitative estimate of drug-likeness (QED) is 0.855. The second-order valence-electron chi connectivity index (χ2n) is 6.74. The van der Waals surface area contributed by atoms with Crippen molar-refractivity contribution in [3.05, 3.63) is 18.2 Å². The number of imidazole rings is 1. The molecule has 0 unspecified atom stereocenters. The van der Waals surface area contributed by atoms with Crippen LogP contribution in [-0.2, 0) is 6.42 Å². The van der Waals surface area contributed by atoms with Crippen LogP contribution in [0.15, 0.2) is 12.5 Å². The normalized spacial score (nSPS) is 41.4. The average Bonchev–Trinajstić information content (AvgIpc) is 2.85. The molecule has 0 saturated heterocycles. The van der Waals surface area contributed by atoms with Gasteiger partial charge in [0.15, 0.2) is 0 Å². The van der Waals surface area contributed by atoms with Crippen LogP contribution in [0.5, 0.6) is 0 Å². The lowest BCUT2D eigenvalue weighted by molar-refractivity contribution is -0.0133. The summed E-state index contributed by atoms with van der Waals surface area (Å²) in [5.74, 6) is 4.14. The molecule has 4 bridgehead atoms. The van der Waals surface area contributed by atoms with Crippen molar-refractivity contribution >= 4 is 0 Å². The highest BCUT2D eigenvalue weighted by atomic mass is 14.9. The average molecular weight is 245 g/mol. The van der Waals surface area contributed by atoms with Gasteiger partial charge < -0.3 is 10.3 Å². The summed E-state index contributed by atoms with van der Waals surface area (Å²) in [4.78, 5) is 7.27. The fraction of sp³-hybridized carbons (Fsp3) is 0.800. The minimum atomic E-state index is 0.820. The summed E-state index contributed by atoms with van der Waals surface area (Å²) >= 11 is 0. The third-order valence-electron chi connectivity index (χ3n) is 5.56. The van der Waals surface area contributed by atoms with Crippen LogP contribution in [0.1, 0.15) is 37.8 Å². The molecule has 0 spiro atoms. The zero-order chi connectivity index (χ0) is 11.9. The Balaban J connectivity index is 1.35. The van der Waals surface area contributed by atoms with Crippen LogP contribution in [0.2, 0.25) is 0 Å². The summed E-state index contributed by atoms with van der Waals surface area (Å²) in [6.45, 7) is 1.11. The van der Waals surface area contributed by atoms with Crippen LogP contribution in [0.25, 0.3) is 0 Å². The van der Waals surface area contributed by atoms with Crippen molar-refractivity contribution in [1.82, 2.24) is 15.3 Å². The van der Waals surface area contributed by atoms with E-state index in [0.717, 1.165) is 42.7 Å². The Kier molecular flexibility index (Phi) is 2.68. The summed E-state index contributed by atoms with van der Waals surface area (Å²) < 4.78 is 0. The van der Waals surface area contributed by atoms with Gasteiger partial charge in [0, 0.05) is 30.9 Å². The second-order valence-corrected chi connectivity index (χ2v) is 6.74. The SMILES string of the molecule is c1ncc(CCNC2C3CC4CC(C3)CC2C4)[nH]1. The number of rotatable bonds is 4. The summed E-state index contributed by atoms with van der Waals surface area (Å²) in [7, 11) is 0. The lowest BCUT2D eigenvalue weighted by Crippen LogP contribution is -2.54. The smallest absolute Gasteiger partial charge is 0.0921 e. The molecule has 0 atom stereocenters. The molecule has 2 N–H and O–H groups in total. The number of nitrogens with one attached hydrogen (secondary N) is 2. The van der Waals surface area contributed by atoms with E-state index in [-0.39, 0.29) is 0 Å². The van der Waals surface area contributed by atoms with Crippen LogP contribution in [-0.4, -0.2) is 22.6 Å². The molecule has 4 fully saturated rings. The molecule has 5 rings (SSSR count). The number of nitrogens with zero attached hydrogens (tertiary/aromatic N) is 1. The Hall–Kier alpha value is -0.830. The molecule has 4 saturated carbocycles. The van der Waals surface area contributed by atoms with Crippen molar-refractivity contribution in [2.24, 2.45) is 23.7 Å². The third kappa shape index (κ3) is 1.89. The van der Waals surface area contributed by atoms with E-state index in [4.69, 9.17) is 0 Å². The third-order valence-corrected chi connectivity index (χ3v) is 5.56. The maximum absolute atomic E-state index is 4.08. The van der Waals surface area contributed by atoms with Gasteiger partial charge in [-0.1, -0.05) is 0 Å². The zero-order valence-corrected chi connectivity index (χ0v) is 10.9. The maximum atomic E-state index is 4.08. The van der Waals surface area contributed by atoms with Crippen molar-refractivity contribution in [3.8, 4) is 0 Å².